The van der Waals surface area contributed by atoms with E-state index in [0.29, 0.717) is 19.3 Å². The highest BCUT2D eigenvalue weighted by Gasteiger charge is 2.51. The smallest absolute Gasteiger partial charge is 0.308 e. The Labute approximate surface area is 152 Å². The van der Waals surface area contributed by atoms with Gasteiger partial charge in [-0.05, 0) is 49.4 Å². The number of hydrogen-bond donors (Lipinski definition) is 2. The monoisotopic (exact) mass is 355 g/mol. The zero-order valence-electron chi connectivity index (χ0n) is 14.7. The van der Waals surface area contributed by atoms with Gasteiger partial charge in [-0.15, -0.1) is 0 Å². The van der Waals surface area contributed by atoms with Crippen LogP contribution in [0.2, 0.25) is 0 Å². The molecule has 4 nitrogen and oxygen atoms in total. The molecule has 5 heteroatoms. The SMILES string of the molecule is Cc1cccc(CC(CNC(=O)C2(c3ccc(F)cc3)CC2)C(=O)O)c1. The second-order valence-electron chi connectivity index (χ2n) is 7.03. The maximum absolute atomic E-state index is 13.1. The summed E-state index contributed by atoms with van der Waals surface area (Å²) in [6, 6.07) is 13.7. The van der Waals surface area contributed by atoms with Gasteiger partial charge in [-0.3, -0.25) is 9.59 Å². The van der Waals surface area contributed by atoms with Gasteiger partial charge in [0.25, 0.3) is 0 Å². The molecular weight excluding hydrogens is 333 g/mol. The Hall–Kier alpha value is -2.69. The molecule has 0 aromatic heterocycles. The highest BCUT2D eigenvalue weighted by Crippen LogP contribution is 2.48. The van der Waals surface area contributed by atoms with Crippen molar-refractivity contribution in [2.45, 2.75) is 31.6 Å². The lowest BCUT2D eigenvalue weighted by molar-refractivity contribution is -0.141. The first kappa shape index (κ1) is 18.1. The topological polar surface area (TPSA) is 66.4 Å². The van der Waals surface area contributed by atoms with Gasteiger partial charge in [-0.2, -0.15) is 0 Å². The van der Waals surface area contributed by atoms with Crippen molar-refractivity contribution in [2.75, 3.05) is 6.54 Å². The predicted molar refractivity (Wildman–Crippen MR) is 96.3 cm³/mol. The van der Waals surface area contributed by atoms with Crippen LogP contribution in [0.25, 0.3) is 0 Å². The quantitative estimate of drug-likeness (QED) is 0.801. The Morgan fingerprint density at radius 1 is 1.19 bits per heavy atom. The number of carboxylic acids is 1. The number of rotatable bonds is 7. The van der Waals surface area contributed by atoms with Gasteiger partial charge in [0.05, 0.1) is 11.3 Å². The second kappa shape index (κ2) is 7.28. The lowest BCUT2D eigenvalue weighted by atomic mass is 9.94. The maximum Gasteiger partial charge on any atom is 0.308 e. The minimum Gasteiger partial charge on any atom is -0.481 e. The van der Waals surface area contributed by atoms with Crippen LogP contribution in [-0.4, -0.2) is 23.5 Å². The van der Waals surface area contributed by atoms with E-state index in [4.69, 9.17) is 0 Å². The number of carboxylic acid groups (broad SMARTS) is 1. The summed E-state index contributed by atoms with van der Waals surface area (Å²) in [6.45, 7) is 2.03. The number of halogens is 1. The molecule has 0 aliphatic heterocycles. The molecule has 1 atom stereocenters. The first-order valence-corrected chi connectivity index (χ1v) is 8.73. The number of carbonyl (C=O) groups excluding carboxylic acids is 1. The Morgan fingerprint density at radius 2 is 1.88 bits per heavy atom. The largest absolute Gasteiger partial charge is 0.481 e. The molecule has 1 amide bonds. The van der Waals surface area contributed by atoms with E-state index in [1.54, 1.807) is 12.1 Å². The van der Waals surface area contributed by atoms with E-state index in [2.05, 4.69) is 5.32 Å². The fourth-order valence-electron chi connectivity index (χ4n) is 3.30. The molecule has 2 N–H and O–H groups in total. The molecule has 0 spiro atoms. The van der Waals surface area contributed by atoms with Crippen LogP contribution in [0.4, 0.5) is 4.39 Å². The fraction of sp³-hybridized carbons (Fsp3) is 0.333. The molecule has 26 heavy (non-hydrogen) atoms. The van der Waals surface area contributed by atoms with Gasteiger partial charge >= 0.3 is 5.97 Å². The van der Waals surface area contributed by atoms with Crippen molar-refractivity contribution >= 4 is 11.9 Å². The van der Waals surface area contributed by atoms with Crippen molar-refractivity contribution < 1.29 is 19.1 Å². The molecule has 2 aromatic rings. The van der Waals surface area contributed by atoms with E-state index < -0.39 is 17.3 Å². The Balaban J connectivity index is 1.64. The molecule has 1 aliphatic carbocycles. The normalized spacial score (nSPS) is 15.9. The molecule has 1 aliphatic rings. The van der Waals surface area contributed by atoms with Crippen LogP contribution in [0.3, 0.4) is 0 Å². The summed E-state index contributed by atoms with van der Waals surface area (Å²) in [6.07, 6.45) is 1.75. The van der Waals surface area contributed by atoms with Crippen molar-refractivity contribution in [2.24, 2.45) is 5.92 Å². The molecular formula is C21H22FNO3. The fourth-order valence-corrected chi connectivity index (χ4v) is 3.30. The summed E-state index contributed by atoms with van der Waals surface area (Å²) in [4.78, 5) is 24.2. The standard InChI is InChI=1S/C21H22FNO3/c1-14-3-2-4-15(11-14)12-16(19(24)25)13-23-20(26)21(9-10-21)17-5-7-18(22)8-6-17/h2-8,11,16H,9-10,12-13H2,1H3,(H,23,26)(H,24,25). The zero-order chi connectivity index (χ0) is 18.7. The van der Waals surface area contributed by atoms with E-state index in [9.17, 15) is 19.1 Å². The number of aryl methyl sites for hydroxylation is 1. The summed E-state index contributed by atoms with van der Waals surface area (Å²) in [7, 11) is 0. The molecule has 0 heterocycles. The van der Waals surface area contributed by atoms with E-state index >= 15 is 0 Å². The van der Waals surface area contributed by atoms with Crippen molar-refractivity contribution in [3.8, 4) is 0 Å². The maximum atomic E-state index is 13.1. The van der Waals surface area contributed by atoms with Crippen LogP contribution in [0.1, 0.15) is 29.5 Å². The average Bonchev–Trinajstić information content (AvgIpc) is 3.40. The van der Waals surface area contributed by atoms with E-state index in [1.807, 2.05) is 31.2 Å². The number of aliphatic carboxylic acids is 1. The van der Waals surface area contributed by atoms with Crippen LogP contribution in [0.5, 0.6) is 0 Å². The van der Waals surface area contributed by atoms with Crippen LogP contribution in [0, 0.1) is 18.7 Å². The summed E-state index contributed by atoms with van der Waals surface area (Å²) >= 11 is 0. The third-order valence-corrected chi connectivity index (χ3v) is 5.00. The lowest BCUT2D eigenvalue weighted by Gasteiger charge is -2.19. The lowest BCUT2D eigenvalue weighted by Crippen LogP contribution is -2.40. The summed E-state index contributed by atoms with van der Waals surface area (Å²) in [5.74, 6) is -2.14. The third-order valence-electron chi connectivity index (χ3n) is 5.00. The molecule has 0 bridgehead atoms. The van der Waals surface area contributed by atoms with Crippen LogP contribution in [0.15, 0.2) is 48.5 Å². The number of amides is 1. The summed E-state index contributed by atoms with van der Waals surface area (Å²) in [5.41, 5.74) is 2.15. The van der Waals surface area contributed by atoms with Crippen molar-refractivity contribution in [3.63, 3.8) is 0 Å². The van der Waals surface area contributed by atoms with Gasteiger partial charge in [0.2, 0.25) is 5.91 Å². The molecule has 1 fully saturated rings. The van der Waals surface area contributed by atoms with Crippen LogP contribution >= 0.6 is 0 Å². The minimum atomic E-state index is -0.932. The number of benzene rings is 2. The zero-order valence-corrected chi connectivity index (χ0v) is 14.7. The predicted octanol–water partition coefficient (Wildman–Crippen LogP) is 3.23. The Kier molecular flexibility index (Phi) is 5.07. The first-order chi connectivity index (χ1) is 12.4. The number of carbonyl (C=O) groups is 2. The Morgan fingerprint density at radius 3 is 2.46 bits per heavy atom. The van der Waals surface area contributed by atoms with Gasteiger partial charge in [0.1, 0.15) is 5.82 Å². The van der Waals surface area contributed by atoms with Crippen molar-refractivity contribution in [3.05, 3.63) is 71.0 Å². The van der Waals surface area contributed by atoms with Crippen LogP contribution in [-0.2, 0) is 21.4 Å². The molecule has 3 rings (SSSR count). The summed E-state index contributed by atoms with van der Waals surface area (Å²) < 4.78 is 13.1. The van der Waals surface area contributed by atoms with E-state index in [-0.39, 0.29) is 18.3 Å². The van der Waals surface area contributed by atoms with Gasteiger partial charge in [0.15, 0.2) is 0 Å². The van der Waals surface area contributed by atoms with E-state index in [0.717, 1.165) is 16.7 Å². The molecule has 1 saturated carbocycles. The van der Waals surface area contributed by atoms with Gasteiger partial charge < -0.3 is 10.4 Å². The molecule has 136 valence electrons. The van der Waals surface area contributed by atoms with Crippen molar-refractivity contribution in [1.29, 1.82) is 0 Å². The average molecular weight is 355 g/mol. The van der Waals surface area contributed by atoms with Crippen LogP contribution < -0.4 is 5.32 Å². The van der Waals surface area contributed by atoms with E-state index in [1.165, 1.54) is 12.1 Å². The van der Waals surface area contributed by atoms with Gasteiger partial charge in [0, 0.05) is 6.54 Å². The van der Waals surface area contributed by atoms with Crippen molar-refractivity contribution in [1.82, 2.24) is 5.32 Å². The second-order valence-corrected chi connectivity index (χ2v) is 7.03. The molecule has 0 radical (unpaired) electrons. The molecule has 2 aromatic carbocycles. The number of hydrogen-bond acceptors (Lipinski definition) is 2. The summed E-state index contributed by atoms with van der Waals surface area (Å²) in [5, 5.41) is 12.3. The number of nitrogens with one attached hydrogen (secondary N) is 1. The molecule has 0 saturated heterocycles. The first-order valence-electron chi connectivity index (χ1n) is 8.73. The van der Waals surface area contributed by atoms with Gasteiger partial charge in [-0.25, -0.2) is 4.39 Å². The molecule has 1 unspecified atom stereocenters. The Bertz CT molecular complexity index is 812. The van der Waals surface area contributed by atoms with Gasteiger partial charge in [-0.1, -0.05) is 42.0 Å². The third kappa shape index (κ3) is 3.93. The minimum absolute atomic E-state index is 0.0745. The highest BCUT2D eigenvalue weighted by atomic mass is 19.1. The highest BCUT2D eigenvalue weighted by molar-refractivity contribution is 5.91.